The molecule has 0 aliphatic carbocycles. The summed E-state index contributed by atoms with van der Waals surface area (Å²) >= 11 is 1.82. The Morgan fingerprint density at radius 3 is 2.80 bits per heavy atom. The predicted octanol–water partition coefficient (Wildman–Crippen LogP) is 2.93. The zero-order chi connectivity index (χ0) is 17.9. The largest absolute Gasteiger partial charge is 0.357 e. The van der Waals surface area contributed by atoms with Crippen molar-refractivity contribution in [2.45, 2.75) is 52.9 Å². The fourth-order valence-electron chi connectivity index (χ4n) is 3.03. The molecule has 1 aliphatic rings. The molecule has 0 atom stereocenters. The zero-order valence-electron chi connectivity index (χ0n) is 16.2. The molecule has 1 fully saturated rings. The van der Waals surface area contributed by atoms with Crippen molar-refractivity contribution in [1.29, 1.82) is 0 Å². The van der Waals surface area contributed by atoms with Gasteiger partial charge < -0.3 is 15.5 Å². The van der Waals surface area contributed by atoms with Gasteiger partial charge in [0.2, 0.25) is 0 Å². The van der Waals surface area contributed by atoms with Crippen molar-refractivity contribution in [2.24, 2.45) is 10.9 Å². The van der Waals surface area contributed by atoms with E-state index in [0.717, 1.165) is 50.8 Å². The fraction of sp³-hybridized carbons (Fsp3) is 0.789. The van der Waals surface area contributed by atoms with E-state index in [-0.39, 0.29) is 0 Å². The molecule has 0 radical (unpaired) electrons. The van der Waals surface area contributed by atoms with Crippen LogP contribution in [0, 0.1) is 5.92 Å². The summed E-state index contributed by atoms with van der Waals surface area (Å²) in [7, 11) is 0. The molecule has 1 saturated heterocycles. The summed E-state index contributed by atoms with van der Waals surface area (Å²) in [5, 5.41) is 7.98. The van der Waals surface area contributed by atoms with Gasteiger partial charge >= 0.3 is 0 Å². The second-order valence-corrected chi connectivity index (χ2v) is 8.09. The summed E-state index contributed by atoms with van der Waals surface area (Å²) in [6, 6.07) is 0. The van der Waals surface area contributed by atoms with Crippen LogP contribution in [0.4, 0.5) is 0 Å². The van der Waals surface area contributed by atoms with Gasteiger partial charge in [-0.2, -0.15) is 0 Å². The molecule has 0 saturated carbocycles. The van der Waals surface area contributed by atoms with E-state index in [0.29, 0.717) is 0 Å². The van der Waals surface area contributed by atoms with Crippen LogP contribution in [0.5, 0.6) is 0 Å². The number of guanidine groups is 1. The number of thiazole rings is 1. The van der Waals surface area contributed by atoms with Crippen molar-refractivity contribution >= 4 is 17.3 Å². The van der Waals surface area contributed by atoms with E-state index in [1.165, 1.54) is 42.4 Å². The van der Waals surface area contributed by atoms with Gasteiger partial charge in [0.1, 0.15) is 0 Å². The standard InChI is InChI=1S/C19H35N5S/c1-4-17-15-23-18(25-17)7-11-22-19(20-5-2)21-10-6-12-24-13-8-16(3)9-14-24/h15-16H,4-14H2,1-3H3,(H2,20,21,22). The number of nitrogens with zero attached hydrogens (tertiary/aromatic N) is 3. The van der Waals surface area contributed by atoms with Gasteiger partial charge in [-0.1, -0.05) is 13.8 Å². The number of piperidine rings is 1. The van der Waals surface area contributed by atoms with Gasteiger partial charge in [-0.25, -0.2) is 4.98 Å². The number of likely N-dealkylation sites (tertiary alicyclic amines) is 1. The molecule has 0 unspecified atom stereocenters. The molecular weight excluding hydrogens is 330 g/mol. The first-order chi connectivity index (χ1) is 12.2. The lowest BCUT2D eigenvalue weighted by Crippen LogP contribution is -2.38. The molecule has 2 rings (SSSR count). The van der Waals surface area contributed by atoms with E-state index in [1.54, 1.807) is 0 Å². The number of hydrogen-bond donors (Lipinski definition) is 2. The molecule has 0 bridgehead atoms. The summed E-state index contributed by atoms with van der Waals surface area (Å²) in [4.78, 5) is 13.1. The molecule has 6 heteroatoms. The Hall–Kier alpha value is -1.14. The quantitative estimate of drug-likeness (QED) is 0.401. The van der Waals surface area contributed by atoms with Gasteiger partial charge in [0, 0.05) is 37.1 Å². The van der Waals surface area contributed by atoms with Gasteiger partial charge in [-0.3, -0.25) is 4.99 Å². The summed E-state index contributed by atoms with van der Waals surface area (Å²) < 4.78 is 0. The van der Waals surface area contributed by atoms with E-state index in [4.69, 9.17) is 4.99 Å². The Bertz CT molecular complexity index is 506. The van der Waals surface area contributed by atoms with E-state index in [2.05, 4.69) is 41.3 Å². The highest BCUT2D eigenvalue weighted by atomic mass is 32.1. The Balaban J connectivity index is 1.65. The van der Waals surface area contributed by atoms with E-state index in [1.807, 2.05) is 17.5 Å². The van der Waals surface area contributed by atoms with Crippen LogP contribution in [0.1, 0.15) is 49.9 Å². The number of aryl methyl sites for hydroxylation is 1. The molecule has 142 valence electrons. The predicted molar refractivity (Wildman–Crippen MR) is 109 cm³/mol. The Morgan fingerprint density at radius 2 is 2.12 bits per heavy atom. The highest BCUT2D eigenvalue weighted by Gasteiger charge is 2.14. The van der Waals surface area contributed by atoms with Crippen LogP contribution in [-0.2, 0) is 12.8 Å². The van der Waals surface area contributed by atoms with E-state index < -0.39 is 0 Å². The lowest BCUT2D eigenvalue weighted by atomic mass is 9.99. The van der Waals surface area contributed by atoms with Crippen LogP contribution in [-0.4, -0.2) is 55.1 Å². The summed E-state index contributed by atoms with van der Waals surface area (Å²) in [6.07, 6.45) is 7.87. The summed E-state index contributed by atoms with van der Waals surface area (Å²) in [5.74, 6) is 1.84. The first-order valence-corrected chi connectivity index (χ1v) is 10.7. The maximum absolute atomic E-state index is 4.72. The Labute approximate surface area is 157 Å². The number of hydrogen-bond acceptors (Lipinski definition) is 4. The van der Waals surface area contributed by atoms with Crippen molar-refractivity contribution in [1.82, 2.24) is 20.5 Å². The minimum Gasteiger partial charge on any atom is -0.357 e. The lowest BCUT2D eigenvalue weighted by molar-refractivity contribution is 0.192. The van der Waals surface area contributed by atoms with Gasteiger partial charge in [-0.05, 0) is 58.2 Å². The second kappa shape index (κ2) is 11.5. The first kappa shape index (κ1) is 20.2. The molecule has 2 N–H and O–H groups in total. The third-order valence-electron chi connectivity index (χ3n) is 4.70. The number of aromatic nitrogens is 1. The monoisotopic (exact) mass is 365 g/mol. The molecule has 1 aromatic rings. The average Bonchev–Trinajstić information content (AvgIpc) is 3.08. The zero-order valence-corrected chi connectivity index (χ0v) is 17.0. The highest BCUT2D eigenvalue weighted by molar-refractivity contribution is 7.11. The van der Waals surface area contributed by atoms with Gasteiger partial charge in [0.05, 0.1) is 5.01 Å². The van der Waals surface area contributed by atoms with Crippen LogP contribution >= 0.6 is 11.3 Å². The molecule has 1 aromatic heterocycles. The SMILES string of the molecule is CCNC(=NCCCN1CCC(C)CC1)NCCc1ncc(CC)s1. The van der Waals surface area contributed by atoms with E-state index in [9.17, 15) is 0 Å². The summed E-state index contributed by atoms with van der Waals surface area (Å²) in [5.41, 5.74) is 0. The van der Waals surface area contributed by atoms with E-state index >= 15 is 0 Å². The number of aliphatic imine (C=N–C) groups is 1. The Kier molecular flexibility index (Phi) is 9.26. The molecule has 5 nitrogen and oxygen atoms in total. The van der Waals surface area contributed by atoms with Gasteiger partial charge in [0.15, 0.2) is 5.96 Å². The van der Waals surface area contributed by atoms with Crippen molar-refractivity contribution in [3.05, 3.63) is 16.1 Å². The van der Waals surface area contributed by atoms with Crippen molar-refractivity contribution in [3.8, 4) is 0 Å². The maximum atomic E-state index is 4.72. The second-order valence-electron chi connectivity index (χ2n) is 6.89. The van der Waals surface area contributed by atoms with Gasteiger partial charge in [0.25, 0.3) is 0 Å². The summed E-state index contributed by atoms with van der Waals surface area (Å²) in [6.45, 7) is 13.0. The van der Waals surface area contributed by atoms with Crippen molar-refractivity contribution < 1.29 is 0 Å². The number of rotatable bonds is 9. The average molecular weight is 366 g/mol. The minimum absolute atomic E-state index is 0.881. The molecule has 0 spiro atoms. The third-order valence-corrected chi connectivity index (χ3v) is 5.91. The van der Waals surface area contributed by atoms with Crippen LogP contribution in [0.25, 0.3) is 0 Å². The van der Waals surface area contributed by atoms with Crippen LogP contribution in [0.2, 0.25) is 0 Å². The molecule has 25 heavy (non-hydrogen) atoms. The fourth-order valence-corrected chi connectivity index (χ4v) is 3.89. The van der Waals surface area contributed by atoms with Crippen LogP contribution in [0.3, 0.4) is 0 Å². The topological polar surface area (TPSA) is 52.6 Å². The Morgan fingerprint density at radius 1 is 1.32 bits per heavy atom. The normalized spacial score (nSPS) is 17.0. The molecular formula is C19H35N5S. The first-order valence-electron chi connectivity index (χ1n) is 9.89. The lowest BCUT2D eigenvalue weighted by Gasteiger charge is -2.29. The van der Waals surface area contributed by atoms with Crippen LogP contribution < -0.4 is 10.6 Å². The van der Waals surface area contributed by atoms with Crippen molar-refractivity contribution in [2.75, 3.05) is 39.3 Å². The molecule has 0 amide bonds. The molecule has 1 aliphatic heterocycles. The molecule has 2 heterocycles. The van der Waals surface area contributed by atoms with Crippen molar-refractivity contribution in [3.63, 3.8) is 0 Å². The number of nitrogens with one attached hydrogen (secondary N) is 2. The third kappa shape index (κ3) is 7.74. The maximum Gasteiger partial charge on any atom is 0.191 e. The smallest absolute Gasteiger partial charge is 0.191 e. The van der Waals surface area contributed by atoms with Crippen LogP contribution in [0.15, 0.2) is 11.2 Å². The highest BCUT2D eigenvalue weighted by Crippen LogP contribution is 2.16. The minimum atomic E-state index is 0.881. The molecule has 0 aromatic carbocycles. The van der Waals surface area contributed by atoms with Gasteiger partial charge in [-0.15, -0.1) is 11.3 Å².